The number of carbonyl (C=O) groups excluding carboxylic acids is 1. The van der Waals surface area contributed by atoms with Crippen LogP contribution in [0.15, 0.2) is 84.0 Å². The average Bonchev–Trinajstić information content (AvgIpc) is 3.27. The van der Waals surface area contributed by atoms with Crippen LogP contribution in [0, 0.1) is 10.1 Å². The number of nitro groups is 1. The van der Waals surface area contributed by atoms with Crippen LogP contribution in [0.1, 0.15) is 16.1 Å². The molecule has 0 fully saturated rings. The molecule has 35 heavy (non-hydrogen) atoms. The van der Waals surface area contributed by atoms with E-state index >= 15 is 0 Å². The molecule has 0 spiro atoms. The van der Waals surface area contributed by atoms with Gasteiger partial charge in [-0.25, -0.2) is 10.4 Å². The molecule has 0 radical (unpaired) electrons. The Labute approximate surface area is 199 Å². The maximum Gasteiger partial charge on any atom is 0.289 e. The van der Waals surface area contributed by atoms with Gasteiger partial charge >= 0.3 is 0 Å². The quantitative estimate of drug-likeness (QED) is 0.206. The van der Waals surface area contributed by atoms with Crippen molar-refractivity contribution in [1.82, 2.24) is 15.4 Å². The van der Waals surface area contributed by atoms with E-state index in [1.807, 2.05) is 36.4 Å². The molecular formula is C26H19N5O4. The Morgan fingerprint density at radius 1 is 1.06 bits per heavy atom. The Kier molecular flexibility index (Phi) is 5.64. The zero-order chi connectivity index (χ0) is 24.4. The first kappa shape index (κ1) is 21.8. The highest BCUT2D eigenvalue weighted by atomic mass is 16.6. The number of aromatic amines is 1. The maximum absolute atomic E-state index is 13.0. The topological polar surface area (TPSA) is 123 Å². The molecule has 0 saturated carbocycles. The number of non-ortho nitro benzene ring substituents is 1. The third kappa shape index (κ3) is 4.30. The van der Waals surface area contributed by atoms with Crippen LogP contribution >= 0.6 is 0 Å². The second-order valence-corrected chi connectivity index (χ2v) is 7.73. The molecule has 0 atom stereocenters. The monoisotopic (exact) mass is 465 g/mol. The first-order valence-corrected chi connectivity index (χ1v) is 10.7. The molecule has 0 saturated heterocycles. The van der Waals surface area contributed by atoms with Crippen LogP contribution in [0.2, 0.25) is 0 Å². The number of methoxy groups -OCH3 is 1. The molecule has 0 aliphatic heterocycles. The van der Waals surface area contributed by atoms with E-state index in [2.05, 4.69) is 20.5 Å². The van der Waals surface area contributed by atoms with Gasteiger partial charge in [0.1, 0.15) is 11.4 Å². The minimum Gasteiger partial charge on any atom is -0.497 e. The minimum atomic E-state index is -0.506. The van der Waals surface area contributed by atoms with Gasteiger partial charge in [-0.3, -0.25) is 14.9 Å². The zero-order valence-corrected chi connectivity index (χ0v) is 18.6. The Hall–Kier alpha value is -5.05. The van der Waals surface area contributed by atoms with Crippen molar-refractivity contribution < 1.29 is 14.5 Å². The molecule has 9 heteroatoms. The van der Waals surface area contributed by atoms with Crippen LogP contribution in [0.4, 0.5) is 5.69 Å². The van der Waals surface area contributed by atoms with Crippen LogP contribution < -0.4 is 10.2 Å². The molecule has 2 aromatic heterocycles. The van der Waals surface area contributed by atoms with E-state index < -0.39 is 10.8 Å². The summed E-state index contributed by atoms with van der Waals surface area (Å²) in [5.74, 6) is 0.213. The van der Waals surface area contributed by atoms with E-state index in [0.29, 0.717) is 16.8 Å². The van der Waals surface area contributed by atoms with Gasteiger partial charge < -0.3 is 9.72 Å². The molecule has 0 bridgehead atoms. The second kappa shape index (κ2) is 9.06. The first-order chi connectivity index (χ1) is 17.0. The highest BCUT2D eigenvalue weighted by Gasteiger charge is 2.18. The number of benzene rings is 3. The van der Waals surface area contributed by atoms with Crippen LogP contribution in [0.5, 0.6) is 5.75 Å². The summed E-state index contributed by atoms with van der Waals surface area (Å²) in [6.07, 6.45) is 1.52. The lowest BCUT2D eigenvalue weighted by molar-refractivity contribution is -0.384. The van der Waals surface area contributed by atoms with Crippen molar-refractivity contribution in [2.24, 2.45) is 5.10 Å². The fourth-order valence-electron chi connectivity index (χ4n) is 3.85. The third-order valence-electron chi connectivity index (χ3n) is 5.55. The summed E-state index contributed by atoms with van der Waals surface area (Å²) in [6, 6.07) is 22.7. The lowest BCUT2D eigenvalue weighted by Gasteiger charge is -2.07. The maximum atomic E-state index is 13.0. The van der Waals surface area contributed by atoms with Crippen molar-refractivity contribution in [3.8, 4) is 17.0 Å². The minimum absolute atomic E-state index is 0.0625. The predicted octanol–water partition coefficient (Wildman–Crippen LogP) is 5.06. The number of nitro benzene ring substituents is 1. The normalized spacial score (nSPS) is 11.2. The summed E-state index contributed by atoms with van der Waals surface area (Å²) in [5, 5.41) is 17.1. The number of nitrogens with zero attached hydrogens (tertiary/aromatic N) is 3. The fourth-order valence-corrected chi connectivity index (χ4v) is 3.85. The second-order valence-electron chi connectivity index (χ2n) is 7.73. The van der Waals surface area contributed by atoms with Crippen molar-refractivity contribution in [3.63, 3.8) is 0 Å². The van der Waals surface area contributed by atoms with Crippen molar-refractivity contribution in [3.05, 3.63) is 100 Å². The average molecular weight is 465 g/mol. The number of carbonyl (C=O) groups is 1. The summed E-state index contributed by atoms with van der Waals surface area (Å²) in [7, 11) is 1.59. The van der Waals surface area contributed by atoms with Crippen LogP contribution in [-0.2, 0) is 0 Å². The van der Waals surface area contributed by atoms with Crippen molar-refractivity contribution in [2.45, 2.75) is 0 Å². The van der Waals surface area contributed by atoms with Gasteiger partial charge in [0.05, 0.1) is 29.5 Å². The van der Waals surface area contributed by atoms with Crippen molar-refractivity contribution in [1.29, 1.82) is 0 Å². The lowest BCUT2D eigenvalue weighted by atomic mass is 10.1. The zero-order valence-electron chi connectivity index (χ0n) is 18.6. The number of ether oxygens (including phenoxy) is 1. The van der Waals surface area contributed by atoms with E-state index in [0.717, 1.165) is 27.6 Å². The Bertz CT molecular complexity index is 1610. The van der Waals surface area contributed by atoms with Gasteiger partial charge in [0.15, 0.2) is 0 Å². The molecule has 0 aliphatic carbocycles. The summed E-state index contributed by atoms with van der Waals surface area (Å²) < 4.78 is 5.13. The number of fused-ring (bicyclic) bond motifs is 3. The molecule has 2 N–H and O–H groups in total. The number of hydrogen-bond acceptors (Lipinski definition) is 6. The molecule has 172 valence electrons. The summed E-state index contributed by atoms with van der Waals surface area (Å²) >= 11 is 0. The Morgan fingerprint density at radius 3 is 2.63 bits per heavy atom. The standard InChI is InChI=1S/C26H19N5O4/c1-35-19-11-9-16(10-12-19)15-27-30-26(32)23-14-21-20-7-2-3-8-22(20)28-25(21)24(29-23)17-5-4-6-18(13-17)31(33)34/h2-15,28H,1H3,(H,30,32)/b27-15+. The number of aromatic nitrogens is 2. The highest BCUT2D eigenvalue weighted by Crippen LogP contribution is 2.33. The number of hydrazone groups is 1. The number of H-pyrrole nitrogens is 1. The molecule has 5 aromatic rings. The van der Waals surface area contributed by atoms with Gasteiger partial charge in [-0.2, -0.15) is 5.10 Å². The molecular weight excluding hydrogens is 446 g/mol. The van der Waals surface area contributed by atoms with Gasteiger partial charge in [-0.15, -0.1) is 0 Å². The Balaban J connectivity index is 1.55. The van der Waals surface area contributed by atoms with Crippen molar-refractivity contribution in [2.75, 3.05) is 7.11 Å². The lowest BCUT2D eigenvalue weighted by Crippen LogP contribution is -2.19. The summed E-state index contributed by atoms with van der Waals surface area (Å²) in [6.45, 7) is 0. The van der Waals surface area contributed by atoms with E-state index in [-0.39, 0.29) is 11.4 Å². The van der Waals surface area contributed by atoms with E-state index in [1.165, 1.54) is 18.3 Å². The highest BCUT2D eigenvalue weighted by molar-refractivity contribution is 6.13. The van der Waals surface area contributed by atoms with Crippen molar-refractivity contribution >= 4 is 39.6 Å². The smallest absolute Gasteiger partial charge is 0.289 e. The van der Waals surface area contributed by atoms with Gasteiger partial charge in [0.2, 0.25) is 0 Å². The number of para-hydroxylation sites is 1. The summed E-state index contributed by atoms with van der Waals surface area (Å²) in [5.41, 5.74) is 5.87. The molecule has 0 aliphatic rings. The molecule has 1 amide bonds. The van der Waals surface area contributed by atoms with Crippen LogP contribution in [0.25, 0.3) is 33.1 Å². The van der Waals surface area contributed by atoms with E-state index in [1.54, 1.807) is 37.4 Å². The van der Waals surface area contributed by atoms with Gasteiger partial charge in [0.25, 0.3) is 11.6 Å². The predicted molar refractivity (Wildman–Crippen MR) is 134 cm³/mol. The van der Waals surface area contributed by atoms with Crippen LogP contribution in [0.3, 0.4) is 0 Å². The molecule has 5 rings (SSSR count). The SMILES string of the molecule is COc1ccc(/C=N/NC(=O)c2cc3c([nH]c4ccccc43)c(-c3cccc([N+](=O)[O-])c3)n2)cc1. The number of nitrogens with one attached hydrogen (secondary N) is 2. The Morgan fingerprint density at radius 2 is 1.86 bits per heavy atom. The van der Waals surface area contributed by atoms with Crippen LogP contribution in [-0.4, -0.2) is 34.1 Å². The number of pyridine rings is 1. The van der Waals surface area contributed by atoms with E-state index in [4.69, 9.17) is 4.74 Å². The largest absolute Gasteiger partial charge is 0.497 e. The summed E-state index contributed by atoms with van der Waals surface area (Å²) in [4.78, 5) is 31.7. The molecule has 3 aromatic carbocycles. The molecule has 2 heterocycles. The number of rotatable bonds is 6. The molecule has 0 unspecified atom stereocenters. The van der Waals surface area contributed by atoms with Gasteiger partial charge in [-0.05, 0) is 42.0 Å². The molecule has 9 nitrogen and oxygen atoms in total. The third-order valence-corrected chi connectivity index (χ3v) is 5.55. The van der Waals surface area contributed by atoms with E-state index in [9.17, 15) is 14.9 Å². The fraction of sp³-hybridized carbons (Fsp3) is 0.0385. The number of hydrogen-bond donors (Lipinski definition) is 2. The number of amides is 1. The van der Waals surface area contributed by atoms with Gasteiger partial charge in [-0.1, -0.05) is 30.3 Å². The first-order valence-electron chi connectivity index (χ1n) is 10.7. The van der Waals surface area contributed by atoms with Gasteiger partial charge in [0, 0.05) is 34.0 Å².